The van der Waals surface area contributed by atoms with E-state index in [0.717, 1.165) is 0 Å². The number of carbonyl (C=O) groups excluding carboxylic acids is 1. The minimum Gasteiger partial charge on any atom is -0.472 e. The highest BCUT2D eigenvalue weighted by Gasteiger charge is 2.20. The Bertz CT molecular complexity index is 416. The van der Waals surface area contributed by atoms with Gasteiger partial charge >= 0.3 is 0 Å². The van der Waals surface area contributed by atoms with Gasteiger partial charge in [-0.3, -0.25) is 14.9 Å². The first-order valence-electron chi connectivity index (χ1n) is 3.88. The van der Waals surface area contributed by atoms with Crippen molar-refractivity contribution >= 4 is 11.6 Å². The van der Waals surface area contributed by atoms with Crippen molar-refractivity contribution in [1.82, 2.24) is 5.32 Å². The number of hydrogen-bond donors (Lipinski definition) is 1. The first-order valence-corrected chi connectivity index (χ1v) is 3.88. The van der Waals surface area contributed by atoms with Gasteiger partial charge < -0.3 is 10.1 Å². The molecule has 0 fully saturated rings. The van der Waals surface area contributed by atoms with E-state index in [4.69, 9.17) is 4.74 Å². The second-order valence-corrected chi connectivity index (χ2v) is 2.73. The van der Waals surface area contributed by atoms with E-state index in [-0.39, 0.29) is 23.9 Å². The third-order valence-electron chi connectivity index (χ3n) is 1.88. The molecule has 2 rings (SSSR count). The molecule has 0 aromatic heterocycles. The fraction of sp³-hybridized carbons (Fsp3) is 0.125. The number of rotatable bonds is 1. The van der Waals surface area contributed by atoms with Crippen molar-refractivity contribution in [2.75, 3.05) is 6.73 Å². The van der Waals surface area contributed by atoms with E-state index >= 15 is 0 Å². The number of carbonyl (C=O) groups is 1. The molecule has 1 aliphatic heterocycles. The minimum absolute atomic E-state index is 0.101. The fourth-order valence-corrected chi connectivity index (χ4v) is 1.21. The van der Waals surface area contributed by atoms with Gasteiger partial charge in [-0.15, -0.1) is 0 Å². The van der Waals surface area contributed by atoms with E-state index in [2.05, 4.69) is 5.32 Å². The van der Waals surface area contributed by atoms with E-state index in [0.29, 0.717) is 5.75 Å². The molecule has 72 valence electrons. The van der Waals surface area contributed by atoms with Crippen molar-refractivity contribution in [1.29, 1.82) is 0 Å². The van der Waals surface area contributed by atoms with Crippen LogP contribution in [0, 0.1) is 10.1 Å². The maximum atomic E-state index is 11.2. The third-order valence-corrected chi connectivity index (χ3v) is 1.88. The summed E-state index contributed by atoms with van der Waals surface area (Å²) in [5.74, 6) is 0.0225. The van der Waals surface area contributed by atoms with Crippen molar-refractivity contribution in [3.63, 3.8) is 0 Å². The quantitative estimate of drug-likeness (QED) is 0.526. The molecule has 1 aliphatic rings. The lowest BCUT2D eigenvalue weighted by atomic mass is 10.1. The van der Waals surface area contributed by atoms with Gasteiger partial charge in [0.25, 0.3) is 11.6 Å². The number of nitrogens with zero attached hydrogens (tertiary/aromatic N) is 1. The van der Waals surface area contributed by atoms with E-state index in [1.165, 1.54) is 18.2 Å². The number of nitro groups is 1. The molecular weight excluding hydrogens is 188 g/mol. The second kappa shape index (κ2) is 2.99. The molecule has 0 atom stereocenters. The van der Waals surface area contributed by atoms with Crippen molar-refractivity contribution in [2.45, 2.75) is 0 Å². The summed E-state index contributed by atoms with van der Waals surface area (Å²) in [6.07, 6.45) is 0. The number of amides is 1. The average Bonchev–Trinajstić information content (AvgIpc) is 2.18. The molecule has 14 heavy (non-hydrogen) atoms. The Morgan fingerprint density at radius 3 is 3.00 bits per heavy atom. The Labute approximate surface area is 78.6 Å². The van der Waals surface area contributed by atoms with E-state index in [9.17, 15) is 14.9 Å². The molecule has 0 unspecified atom stereocenters. The highest BCUT2D eigenvalue weighted by atomic mass is 16.6. The predicted octanol–water partition coefficient (Wildman–Crippen LogP) is 0.674. The van der Waals surface area contributed by atoms with E-state index in [1.807, 2.05) is 0 Å². The Morgan fingerprint density at radius 2 is 2.29 bits per heavy atom. The summed E-state index contributed by atoms with van der Waals surface area (Å²) in [4.78, 5) is 21.1. The van der Waals surface area contributed by atoms with Gasteiger partial charge in [0.05, 0.1) is 10.5 Å². The number of hydrogen-bond acceptors (Lipinski definition) is 4. The molecule has 0 spiro atoms. The normalized spacial score (nSPS) is 13.9. The third kappa shape index (κ3) is 1.26. The van der Waals surface area contributed by atoms with Gasteiger partial charge in [-0.2, -0.15) is 0 Å². The second-order valence-electron chi connectivity index (χ2n) is 2.73. The van der Waals surface area contributed by atoms with Crippen LogP contribution in [0.4, 0.5) is 5.69 Å². The van der Waals surface area contributed by atoms with Crippen LogP contribution in [-0.2, 0) is 0 Å². The lowest BCUT2D eigenvalue weighted by Crippen LogP contribution is -2.32. The Kier molecular flexibility index (Phi) is 1.81. The molecule has 1 heterocycles. The van der Waals surface area contributed by atoms with Crippen LogP contribution in [0.3, 0.4) is 0 Å². The summed E-state index contributed by atoms with van der Waals surface area (Å²) in [5.41, 5.74) is 0.0786. The highest BCUT2D eigenvalue weighted by Crippen LogP contribution is 2.25. The number of non-ortho nitro benzene ring substituents is 1. The van der Waals surface area contributed by atoms with Crippen LogP contribution in [0.5, 0.6) is 5.75 Å². The molecule has 1 aromatic rings. The lowest BCUT2D eigenvalue weighted by molar-refractivity contribution is -0.384. The summed E-state index contributed by atoms with van der Waals surface area (Å²) >= 11 is 0. The van der Waals surface area contributed by atoms with Crippen molar-refractivity contribution in [3.05, 3.63) is 33.9 Å². The van der Waals surface area contributed by atoms with Crippen molar-refractivity contribution < 1.29 is 14.5 Å². The maximum Gasteiger partial charge on any atom is 0.270 e. The molecule has 6 heteroatoms. The minimum atomic E-state index is -0.553. The van der Waals surface area contributed by atoms with Gasteiger partial charge in [0, 0.05) is 12.1 Å². The molecule has 1 amide bonds. The molecule has 1 aromatic carbocycles. The predicted molar refractivity (Wildman–Crippen MR) is 46.1 cm³/mol. The maximum absolute atomic E-state index is 11.2. The number of ether oxygens (including phenoxy) is 1. The standard InChI is InChI=1S/C8H6N2O4/c11-8-6-3-5(10(12)13)1-2-7(6)14-4-9-8/h1-3H,4H2,(H,9,11). The number of benzene rings is 1. The number of nitro benzene ring substituents is 1. The molecule has 6 nitrogen and oxygen atoms in total. The largest absolute Gasteiger partial charge is 0.472 e. The molecule has 0 saturated carbocycles. The number of fused-ring (bicyclic) bond motifs is 1. The monoisotopic (exact) mass is 194 g/mol. The van der Waals surface area contributed by atoms with Crippen LogP contribution in [0.15, 0.2) is 18.2 Å². The van der Waals surface area contributed by atoms with Crippen LogP contribution in [0.1, 0.15) is 10.4 Å². The van der Waals surface area contributed by atoms with Crippen LogP contribution in [0.2, 0.25) is 0 Å². The summed E-state index contributed by atoms with van der Waals surface area (Å²) in [6.45, 7) is 0.101. The Balaban J connectivity index is 2.51. The Hall–Kier alpha value is -2.11. The summed E-state index contributed by atoms with van der Waals surface area (Å²) in [7, 11) is 0. The Morgan fingerprint density at radius 1 is 1.50 bits per heavy atom. The van der Waals surface area contributed by atoms with Gasteiger partial charge in [0.15, 0.2) is 6.73 Å². The van der Waals surface area contributed by atoms with Gasteiger partial charge in [0.1, 0.15) is 5.75 Å². The van der Waals surface area contributed by atoms with Crippen LogP contribution >= 0.6 is 0 Å². The van der Waals surface area contributed by atoms with Crippen LogP contribution < -0.4 is 10.1 Å². The van der Waals surface area contributed by atoms with Crippen LogP contribution in [-0.4, -0.2) is 17.6 Å². The fourth-order valence-electron chi connectivity index (χ4n) is 1.21. The zero-order chi connectivity index (χ0) is 10.1. The van der Waals surface area contributed by atoms with Gasteiger partial charge in [-0.25, -0.2) is 0 Å². The summed E-state index contributed by atoms with van der Waals surface area (Å²) < 4.78 is 5.07. The zero-order valence-electron chi connectivity index (χ0n) is 7.02. The molecule has 0 bridgehead atoms. The molecule has 1 N–H and O–H groups in total. The van der Waals surface area contributed by atoms with E-state index in [1.54, 1.807) is 0 Å². The van der Waals surface area contributed by atoms with Crippen molar-refractivity contribution in [2.24, 2.45) is 0 Å². The van der Waals surface area contributed by atoms with Gasteiger partial charge in [-0.05, 0) is 6.07 Å². The zero-order valence-corrected chi connectivity index (χ0v) is 7.02. The smallest absolute Gasteiger partial charge is 0.270 e. The topological polar surface area (TPSA) is 81.5 Å². The van der Waals surface area contributed by atoms with Gasteiger partial charge in [-0.1, -0.05) is 0 Å². The SMILES string of the molecule is O=C1NCOc2ccc([N+](=O)[O-])cc21. The molecule has 0 aliphatic carbocycles. The van der Waals surface area contributed by atoms with Crippen molar-refractivity contribution in [3.8, 4) is 5.75 Å². The number of nitrogens with one attached hydrogen (secondary N) is 1. The first-order chi connectivity index (χ1) is 6.68. The average molecular weight is 194 g/mol. The molecule has 0 radical (unpaired) electrons. The van der Waals surface area contributed by atoms with E-state index < -0.39 is 4.92 Å². The van der Waals surface area contributed by atoms with Crippen LogP contribution in [0.25, 0.3) is 0 Å². The highest BCUT2D eigenvalue weighted by molar-refractivity contribution is 5.98. The molecule has 0 saturated heterocycles. The molecular formula is C8H6N2O4. The summed E-state index contributed by atoms with van der Waals surface area (Å²) in [6, 6.07) is 3.92. The first kappa shape index (κ1) is 8.49. The lowest BCUT2D eigenvalue weighted by Gasteiger charge is -2.16. The summed E-state index contributed by atoms with van der Waals surface area (Å²) in [5, 5.41) is 12.8. The van der Waals surface area contributed by atoms with Gasteiger partial charge in [0.2, 0.25) is 0 Å².